The Morgan fingerprint density at radius 1 is 1.43 bits per heavy atom. The maximum absolute atomic E-state index is 10.6. The molecule has 23 heavy (non-hydrogen) atoms. The van der Waals surface area contributed by atoms with Crippen molar-refractivity contribution in [3.63, 3.8) is 0 Å². The third-order valence-electron chi connectivity index (χ3n) is 3.80. The molecule has 0 aliphatic carbocycles. The lowest BCUT2D eigenvalue weighted by Crippen LogP contribution is -2.18. The number of carboxylic acid groups (broad SMARTS) is 1. The number of rotatable bonds is 8. The molecule has 1 aromatic carbocycles. The summed E-state index contributed by atoms with van der Waals surface area (Å²) >= 11 is 0. The Morgan fingerprint density at radius 2 is 2.22 bits per heavy atom. The molecule has 1 heterocycles. The molecule has 0 radical (unpaired) electrons. The van der Waals surface area contributed by atoms with Crippen LogP contribution in [0.25, 0.3) is 0 Å². The van der Waals surface area contributed by atoms with Gasteiger partial charge in [0.2, 0.25) is 0 Å². The third kappa shape index (κ3) is 4.92. The molecule has 0 saturated carbocycles. The smallest absolute Gasteiger partial charge is 0.303 e. The number of carbonyl (C=O) groups is 1. The minimum atomic E-state index is -0.764. The van der Waals surface area contributed by atoms with Crippen LogP contribution in [0.1, 0.15) is 36.9 Å². The highest BCUT2D eigenvalue weighted by molar-refractivity contribution is 5.66. The van der Waals surface area contributed by atoms with Crippen molar-refractivity contribution in [3.05, 3.63) is 48.0 Å². The van der Waals surface area contributed by atoms with Gasteiger partial charge >= 0.3 is 5.97 Å². The van der Waals surface area contributed by atoms with E-state index < -0.39 is 5.97 Å². The van der Waals surface area contributed by atoms with Crippen LogP contribution in [-0.4, -0.2) is 25.8 Å². The number of benzene rings is 1. The van der Waals surface area contributed by atoms with Crippen LogP contribution < -0.4 is 0 Å². The average Bonchev–Trinajstić information content (AvgIpc) is 3.02. The zero-order chi connectivity index (χ0) is 16.7. The number of aliphatic carboxylic acids is 1. The summed E-state index contributed by atoms with van der Waals surface area (Å²) < 4.78 is 1.58. The lowest BCUT2D eigenvalue weighted by atomic mass is 9.93. The van der Waals surface area contributed by atoms with E-state index in [2.05, 4.69) is 22.2 Å². The minimum absolute atomic E-state index is 0.0935. The Balaban J connectivity index is 1.99. The van der Waals surface area contributed by atoms with Crippen LogP contribution in [0.15, 0.2) is 36.9 Å². The Morgan fingerprint density at radius 3 is 2.87 bits per heavy atom. The first kappa shape index (κ1) is 16.7. The molecule has 2 unspecified atom stereocenters. The molecule has 6 nitrogen and oxygen atoms in total. The largest absolute Gasteiger partial charge is 0.481 e. The fraction of sp³-hybridized carbons (Fsp3) is 0.412. The number of aryl methyl sites for hydroxylation is 1. The first-order chi connectivity index (χ1) is 11.1. The van der Waals surface area contributed by atoms with Crippen molar-refractivity contribution in [2.75, 3.05) is 0 Å². The number of hydrogen-bond donors (Lipinski definition) is 1. The summed E-state index contributed by atoms with van der Waals surface area (Å²) in [5.41, 5.74) is 2.27. The summed E-state index contributed by atoms with van der Waals surface area (Å²) in [6, 6.07) is 10.0. The van der Waals surface area contributed by atoms with Crippen LogP contribution in [0, 0.1) is 17.2 Å². The molecule has 1 N–H and O–H groups in total. The Kier molecular flexibility index (Phi) is 5.87. The van der Waals surface area contributed by atoms with Crippen molar-refractivity contribution in [2.24, 2.45) is 5.92 Å². The van der Waals surface area contributed by atoms with Gasteiger partial charge in [0.25, 0.3) is 0 Å². The van der Waals surface area contributed by atoms with Crippen LogP contribution in [0.3, 0.4) is 0 Å². The van der Waals surface area contributed by atoms with Gasteiger partial charge in [-0.3, -0.25) is 4.79 Å². The van der Waals surface area contributed by atoms with Crippen LogP contribution in [0.4, 0.5) is 0 Å². The Hall–Kier alpha value is -2.68. The maximum Gasteiger partial charge on any atom is 0.303 e. The van der Waals surface area contributed by atoms with Gasteiger partial charge in [0, 0.05) is 6.42 Å². The van der Waals surface area contributed by atoms with Crippen LogP contribution in [-0.2, 0) is 17.6 Å². The fourth-order valence-electron chi connectivity index (χ4n) is 2.65. The van der Waals surface area contributed by atoms with E-state index in [1.165, 1.54) is 6.33 Å². The van der Waals surface area contributed by atoms with E-state index in [1.54, 1.807) is 11.0 Å². The van der Waals surface area contributed by atoms with Crippen molar-refractivity contribution in [3.8, 4) is 6.07 Å². The summed E-state index contributed by atoms with van der Waals surface area (Å²) in [4.78, 5) is 14.5. The molecular weight excluding hydrogens is 292 g/mol. The molecule has 0 fully saturated rings. The van der Waals surface area contributed by atoms with Gasteiger partial charge in [-0.05, 0) is 36.3 Å². The average molecular weight is 312 g/mol. The predicted octanol–water partition coefficient (Wildman–Crippen LogP) is 2.63. The van der Waals surface area contributed by atoms with Crippen molar-refractivity contribution < 1.29 is 9.90 Å². The van der Waals surface area contributed by atoms with Crippen molar-refractivity contribution in [1.29, 1.82) is 5.26 Å². The SMILES string of the molecule is CC(Cc1cccc(CCCC(=O)O)c1)C(C#N)n1cncn1. The minimum Gasteiger partial charge on any atom is -0.481 e. The lowest BCUT2D eigenvalue weighted by Gasteiger charge is -2.18. The van der Waals surface area contributed by atoms with Crippen molar-refractivity contribution in [1.82, 2.24) is 14.8 Å². The van der Waals surface area contributed by atoms with Crippen molar-refractivity contribution in [2.45, 2.75) is 38.6 Å². The molecule has 0 saturated heterocycles. The topological polar surface area (TPSA) is 91.8 Å². The number of carboxylic acids is 1. The van der Waals surface area contributed by atoms with Gasteiger partial charge in [-0.1, -0.05) is 31.2 Å². The molecule has 120 valence electrons. The quantitative estimate of drug-likeness (QED) is 0.809. The van der Waals surface area contributed by atoms with E-state index in [1.807, 2.05) is 25.1 Å². The predicted molar refractivity (Wildman–Crippen MR) is 84.6 cm³/mol. The Labute approximate surface area is 135 Å². The first-order valence-corrected chi connectivity index (χ1v) is 7.63. The fourth-order valence-corrected chi connectivity index (χ4v) is 2.65. The molecule has 0 aliphatic rings. The molecule has 2 aromatic rings. The molecular formula is C17H20N4O2. The van der Waals surface area contributed by atoms with E-state index >= 15 is 0 Å². The van der Waals surface area contributed by atoms with Gasteiger partial charge < -0.3 is 5.11 Å². The molecule has 6 heteroatoms. The summed E-state index contributed by atoms with van der Waals surface area (Å²) in [6.07, 6.45) is 5.31. The zero-order valence-corrected chi connectivity index (χ0v) is 13.1. The van der Waals surface area contributed by atoms with Crippen LogP contribution in [0.2, 0.25) is 0 Å². The van der Waals surface area contributed by atoms with Gasteiger partial charge in [-0.2, -0.15) is 10.4 Å². The molecule has 2 atom stereocenters. The number of hydrogen-bond acceptors (Lipinski definition) is 4. The number of aromatic nitrogens is 3. The highest BCUT2D eigenvalue weighted by atomic mass is 16.4. The molecule has 0 spiro atoms. The normalized spacial score (nSPS) is 13.2. The number of nitrogens with zero attached hydrogens (tertiary/aromatic N) is 4. The van der Waals surface area contributed by atoms with E-state index in [-0.39, 0.29) is 18.4 Å². The van der Waals surface area contributed by atoms with Gasteiger partial charge in [-0.15, -0.1) is 0 Å². The second kappa shape index (κ2) is 8.08. The lowest BCUT2D eigenvalue weighted by molar-refractivity contribution is -0.137. The maximum atomic E-state index is 10.6. The summed E-state index contributed by atoms with van der Waals surface area (Å²) in [7, 11) is 0. The van der Waals surface area contributed by atoms with Crippen LogP contribution >= 0.6 is 0 Å². The molecule has 0 bridgehead atoms. The van der Waals surface area contributed by atoms with E-state index in [0.29, 0.717) is 6.42 Å². The second-order valence-corrected chi connectivity index (χ2v) is 5.70. The summed E-state index contributed by atoms with van der Waals surface area (Å²) in [5, 5.41) is 22.1. The monoisotopic (exact) mass is 312 g/mol. The van der Waals surface area contributed by atoms with Gasteiger partial charge in [0.05, 0.1) is 6.07 Å². The standard InChI is InChI=1S/C17H20N4O2/c1-13(16(10-18)21-12-19-11-20-21)8-15-6-2-4-14(9-15)5-3-7-17(22)23/h2,4,6,9,11-13,16H,3,5,7-8H2,1H3,(H,22,23). The summed E-state index contributed by atoms with van der Waals surface area (Å²) in [5.74, 6) is -0.671. The second-order valence-electron chi connectivity index (χ2n) is 5.70. The molecule has 1 aromatic heterocycles. The third-order valence-corrected chi connectivity index (χ3v) is 3.80. The molecule has 2 rings (SSSR count). The van der Waals surface area contributed by atoms with E-state index in [4.69, 9.17) is 5.11 Å². The summed E-state index contributed by atoms with van der Waals surface area (Å²) in [6.45, 7) is 2.02. The Bertz CT molecular complexity index is 676. The van der Waals surface area contributed by atoms with Crippen molar-refractivity contribution >= 4 is 5.97 Å². The highest BCUT2D eigenvalue weighted by Gasteiger charge is 2.19. The van der Waals surface area contributed by atoms with Gasteiger partial charge in [-0.25, -0.2) is 9.67 Å². The number of nitriles is 1. The van der Waals surface area contributed by atoms with Gasteiger partial charge in [0.1, 0.15) is 18.7 Å². The van der Waals surface area contributed by atoms with E-state index in [0.717, 1.165) is 24.0 Å². The van der Waals surface area contributed by atoms with Crippen LogP contribution in [0.5, 0.6) is 0 Å². The molecule has 0 amide bonds. The van der Waals surface area contributed by atoms with Gasteiger partial charge in [0.15, 0.2) is 0 Å². The highest BCUT2D eigenvalue weighted by Crippen LogP contribution is 2.21. The van der Waals surface area contributed by atoms with E-state index in [9.17, 15) is 10.1 Å². The zero-order valence-electron chi connectivity index (χ0n) is 13.1. The molecule has 0 aliphatic heterocycles. The first-order valence-electron chi connectivity index (χ1n) is 7.63.